The summed E-state index contributed by atoms with van der Waals surface area (Å²) in [6.07, 6.45) is 4.72. The van der Waals surface area contributed by atoms with Gasteiger partial charge in [0.1, 0.15) is 11.5 Å². The molecule has 0 saturated carbocycles. The molecule has 1 N–H and O–H groups in total. The van der Waals surface area contributed by atoms with Crippen molar-refractivity contribution in [3.05, 3.63) is 47.8 Å². The van der Waals surface area contributed by atoms with Crippen LogP contribution < -0.4 is 0 Å². The Balaban J connectivity index is 1.95. The van der Waals surface area contributed by atoms with Crippen molar-refractivity contribution in [3.8, 4) is 0 Å². The zero-order chi connectivity index (χ0) is 11.8. The van der Waals surface area contributed by atoms with E-state index in [0.29, 0.717) is 11.4 Å². The summed E-state index contributed by atoms with van der Waals surface area (Å²) in [6, 6.07) is 3.24. The SMILES string of the molecule is O=C1c2cccnc2C(=O)N1Cc1ncc[nH]1. The average Bonchev–Trinajstić information content (AvgIpc) is 2.94. The van der Waals surface area contributed by atoms with Gasteiger partial charge in [0.25, 0.3) is 11.8 Å². The van der Waals surface area contributed by atoms with Crippen molar-refractivity contribution in [3.63, 3.8) is 0 Å². The van der Waals surface area contributed by atoms with Gasteiger partial charge >= 0.3 is 0 Å². The highest BCUT2D eigenvalue weighted by molar-refractivity contribution is 6.20. The van der Waals surface area contributed by atoms with Gasteiger partial charge in [0, 0.05) is 18.6 Å². The van der Waals surface area contributed by atoms with E-state index >= 15 is 0 Å². The summed E-state index contributed by atoms with van der Waals surface area (Å²) in [6.45, 7) is 0.140. The summed E-state index contributed by atoms with van der Waals surface area (Å²) in [4.78, 5) is 35.8. The van der Waals surface area contributed by atoms with Crippen molar-refractivity contribution in [2.75, 3.05) is 0 Å². The summed E-state index contributed by atoms with van der Waals surface area (Å²) in [5.74, 6) is -0.129. The third-order valence-electron chi connectivity index (χ3n) is 2.59. The van der Waals surface area contributed by atoms with Crippen LogP contribution in [0.3, 0.4) is 0 Å². The minimum atomic E-state index is -0.373. The number of hydrogen-bond acceptors (Lipinski definition) is 4. The first-order valence-electron chi connectivity index (χ1n) is 5.07. The van der Waals surface area contributed by atoms with Gasteiger partial charge in [-0.3, -0.25) is 19.5 Å². The molecule has 0 aromatic carbocycles. The number of aromatic nitrogens is 3. The van der Waals surface area contributed by atoms with Gasteiger partial charge in [0.2, 0.25) is 0 Å². The van der Waals surface area contributed by atoms with Crippen LogP contribution in [0.4, 0.5) is 0 Å². The second kappa shape index (κ2) is 3.51. The molecule has 1 aliphatic heterocycles. The molecule has 0 fully saturated rings. The molecule has 2 amide bonds. The Kier molecular flexibility index (Phi) is 2.01. The molecule has 3 rings (SSSR count). The Morgan fingerprint density at radius 2 is 2.06 bits per heavy atom. The summed E-state index contributed by atoms with van der Waals surface area (Å²) < 4.78 is 0. The maximum absolute atomic E-state index is 12.0. The van der Waals surface area contributed by atoms with Gasteiger partial charge in [0.05, 0.1) is 12.1 Å². The summed E-state index contributed by atoms with van der Waals surface area (Å²) in [5, 5.41) is 0. The van der Waals surface area contributed by atoms with E-state index in [9.17, 15) is 9.59 Å². The molecular formula is C11H8N4O2. The van der Waals surface area contributed by atoms with E-state index in [2.05, 4.69) is 15.0 Å². The Hall–Kier alpha value is -2.50. The number of fused-ring (bicyclic) bond motifs is 1. The quantitative estimate of drug-likeness (QED) is 0.763. The van der Waals surface area contributed by atoms with Crippen LogP contribution in [0, 0.1) is 0 Å². The van der Waals surface area contributed by atoms with Crippen LogP contribution in [-0.2, 0) is 6.54 Å². The predicted molar refractivity (Wildman–Crippen MR) is 57.0 cm³/mol. The molecule has 0 spiro atoms. The van der Waals surface area contributed by atoms with E-state index in [4.69, 9.17) is 0 Å². The van der Waals surface area contributed by atoms with Crippen molar-refractivity contribution in [1.29, 1.82) is 0 Å². The molecule has 17 heavy (non-hydrogen) atoms. The van der Waals surface area contributed by atoms with Gasteiger partial charge in [0.15, 0.2) is 0 Å². The number of amides is 2. The number of rotatable bonds is 2. The third-order valence-corrected chi connectivity index (χ3v) is 2.59. The molecule has 6 nitrogen and oxygen atoms in total. The molecular weight excluding hydrogens is 220 g/mol. The predicted octanol–water partition coefficient (Wildman–Crippen LogP) is 0.601. The van der Waals surface area contributed by atoms with Crippen molar-refractivity contribution >= 4 is 11.8 Å². The Morgan fingerprint density at radius 1 is 1.18 bits per heavy atom. The Labute approximate surface area is 96.3 Å². The van der Waals surface area contributed by atoms with Crippen LogP contribution in [0.15, 0.2) is 30.7 Å². The lowest BCUT2D eigenvalue weighted by Crippen LogP contribution is -2.29. The molecule has 0 bridgehead atoms. The second-order valence-electron chi connectivity index (χ2n) is 3.63. The molecule has 0 radical (unpaired) electrons. The number of hydrogen-bond donors (Lipinski definition) is 1. The van der Waals surface area contributed by atoms with E-state index in [1.54, 1.807) is 24.5 Å². The van der Waals surface area contributed by atoms with Gasteiger partial charge in [-0.15, -0.1) is 0 Å². The van der Waals surface area contributed by atoms with E-state index in [0.717, 1.165) is 4.90 Å². The van der Waals surface area contributed by atoms with Gasteiger partial charge < -0.3 is 4.98 Å². The fourth-order valence-electron chi connectivity index (χ4n) is 1.79. The highest BCUT2D eigenvalue weighted by Gasteiger charge is 2.36. The standard InChI is InChI=1S/C11H8N4O2/c16-10-7-2-1-3-14-9(7)11(17)15(10)6-8-12-4-5-13-8/h1-5H,6H2,(H,12,13). The fourth-order valence-corrected chi connectivity index (χ4v) is 1.79. The average molecular weight is 228 g/mol. The van der Waals surface area contributed by atoms with Crippen molar-refractivity contribution in [2.24, 2.45) is 0 Å². The number of imidazole rings is 1. The highest BCUT2D eigenvalue weighted by atomic mass is 16.2. The summed E-state index contributed by atoms with van der Waals surface area (Å²) in [7, 11) is 0. The normalized spacial score (nSPS) is 14.2. The molecule has 3 heterocycles. The molecule has 0 atom stereocenters. The molecule has 0 unspecified atom stereocenters. The minimum absolute atomic E-state index is 0.140. The molecule has 2 aromatic heterocycles. The number of carbonyl (C=O) groups excluding carboxylic acids is 2. The molecule has 6 heteroatoms. The number of carbonyl (C=O) groups is 2. The van der Waals surface area contributed by atoms with E-state index in [1.807, 2.05) is 0 Å². The number of pyridine rings is 1. The number of imide groups is 1. The van der Waals surface area contributed by atoms with Crippen LogP contribution in [0.2, 0.25) is 0 Å². The van der Waals surface area contributed by atoms with Crippen LogP contribution in [-0.4, -0.2) is 31.7 Å². The van der Waals surface area contributed by atoms with E-state index in [-0.39, 0.29) is 24.1 Å². The van der Waals surface area contributed by atoms with Crippen LogP contribution >= 0.6 is 0 Å². The maximum atomic E-state index is 12.0. The zero-order valence-electron chi connectivity index (χ0n) is 8.75. The Morgan fingerprint density at radius 3 is 2.76 bits per heavy atom. The van der Waals surface area contributed by atoms with Gasteiger partial charge in [-0.05, 0) is 12.1 Å². The lowest BCUT2D eigenvalue weighted by molar-refractivity contribution is 0.0637. The van der Waals surface area contributed by atoms with Crippen LogP contribution in [0.5, 0.6) is 0 Å². The lowest BCUT2D eigenvalue weighted by atomic mass is 10.2. The highest BCUT2D eigenvalue weighted by Crippen LogP contribution is 2.21. The van der Waals surface area contributed by atoms with Gasteiger partial charge in [-0.25, -0.2) is 4.98 Å². The van der Waals surface area contributed by atoms with Crippen molar-refractivity contribution < 1.29 is 9.59 Å². The number of nitrogens with one attached hydrogen (secondary N) is 1. The summed E-state index contributed by atoms with van der Waals surface area (Å²) in [5.41, 5.74) is 0.563. The van der Waals surface area contributed by atoms with Gasteiger partial charge in [-0.2, -0.15) is 0 Å². The van der Waals surface area contributed by atoms with Crippen LogP contribution in [0.1, 0.15) is 26.7 Å². The van der Waals surface area contributed by atoms with E-state index < -0.39 is 0 Å². The molecule has 0 saturated heterocycles. The Bertz CT molecular complexity index is 556. The monoisotopic (exact) mass is 228 g/mol. The largest absolute Gasteiger partial charge is 0.347 e. The zero-order valence-corrected chi connectivity index (χ0v) is 8.75. The smallest absolute Gasteiger partial charge is 0.280 e. The maximum Gasteiger partial charge on any atom is 0.280 e. The third kappa shape index (κ3) is 1.42. The fraction of sp³-hybridized carbons (Fsp3) is 0.0909. The first-order chi connectivity index (χ1) is 8.27. The van der Waals surface area contributed by atoms with Crippen molar-refractivity contribution in [1.82, 2.24) is 19.9 Å². The van der Waals surface area contributed by atoms with E-state index in [1.165, 1.54) is 6.20 Å². The topological polar surface area (TPSA) is 79.0 Å². The number of H-pyrrole nitrogens is 1. The first kappa shape index (κ1) is 9.71. The minimum Gasteiger partial charge on any atom is -0.347 e. The van der Waals surface area contributed by atoms with Crippen LogP contribution in [0.25, 0.3) is 0 Å². The molecule has 0 aliphatic carbocycles. The number of nitrogens with zero attached hydrogens (tertiary/aromatic N) is 3. The lowest BCUT2D eigenvalue weighted by Gasteiger charge is -2.10. The molecule has 84 valence electrons. The molecule has 2 aromatic rings. The second-order valence-corrected chi connectivity index (χ2v) is 3.63. The molecule has 1 aliphatic rings. The first-order valence-corrected chi connectivity index (χ1v) is 5.07. The van der Waals surface area contributed by atoms with Crippen molar-refractivity contribution in [2.45, 2.75) is 6.54 Å². The summed E-state index contributed by atoms with van der Waals surface area (Å²) >= 11 is 0. The number of aromatic amines is 1. The van der Waals surface area contributed by atoms with Gasteiger partial charge in [-0.1, -0.05) is 0 Å².